The van der Waals surface area contributed by atoms with Crippen molar-refractivity contribution in [2.24, 2.45) is 0 Å². The number of ether oxygens (including phenoxy) is 1. The number of nitrogens with one attached hydrogen (secondary N) is 2. The molecule has 0 atom stereocenters. The van der Waals surface area contributed by atoms with Gasteiger partial charge in [-0.1, -0.05) is 22.0 Å². The van der Waals surface area contributed by atoms with Crippen molar-refractivity contribution >= 4 is 56.4 Å². The lowest BCUT2D eigenvalue weighted by Gasteiger charge is -2.17. The lowest BCUT2D eigenvalue weighted by Crippen LogP contribution is -2.34. The number of rotatable bonds is 5. The minimum Gasteiger partial charge on any atom is -0.490 e. The van der Waals surface area contributed by atoms with E-state index < -0.39 is 0 Å². The van der Waals surface area contributed by atoms with Crippen molar-refractivity contribution < 1.29 is 14.3 Å². The zero-order valence-electron chi connectivity index (χ0n) is 16.1. The summed E-state index contributed by atoms with van der Waals surface area (Å²) >= 11 is 8.63. The van der Waals surface area contributed by atoms with Gasteiger partial charge in [-0.25, -0.2) is 0 Å². The van der Waals surface area contributed by atoms with Crippen LogP contribution in [0.5, 0.6) is 5.75 Å². The van der Waals surface area contributed by atoms with Gasteiger partial charge in [0, 0.05) is 29.8 Å². The minimum absolute atomic E-state index is 0.0705. The molecule has 0 fully saturated rings. The summed E-state index contributed by atoms with van der Waals surface area (Å²) in [6, 6.07) is 12.4. The van der Waals surface area contributed by atoms with Gasteiger partial charge in [-0.3, -0.25) is 14.9 Å². The summed E-state index contributed by atoms with van der Waals surface area (Å²) in [5.74, 6) is 0.00963. The second-order valence-electron chi connectivity index (χ2n) is 6.34. The average molecular weight is 464 g/mol. The predicted octanol–water partition coefficient (Wildman–Crippen LogP) is 4.35. The van der Waals surface area contributed by atoms with E-state index in [9.17, 15) is 9.59 Å². The molecule has 6 nitrogen and oxygen atoms in total. The van der Waals surface area contributed by atoms with Gasteiger partial charge in [0.2, 0.25) is 5.91 Å². The van der Waals surface area contributed by atoms with Gasteiger partial charge in [-0.05, 0) is 62.5 Å². The first kappa shape index (κ1) is 21.8. The van der Waals surface area contributed by atoms with Crippen LogP contribution in [0.1, 0.15) is 31.1 Å². The van der Waals surface area contributed by atoms with Crippen molar-refractivity contribution in [2.75, 3.05) is 17.3 Å². The Bertz CT molecular complexity index is 902. The number of halogens is 1. The second-order valence-corrected chi connectivity index (χ2v) is 7.67. The van der Waals surface area contributed by atoms with E-state index in [1.807, 2.05) is 26.0 Å². The van der Waals surface area contributed by atoms with Gasteiger partial charge < -0.3 is 15.0 Å². The molecule has 0 aromatic heterocycles. The first-order valence-electron chi connectivity index (χ1n) is 8.60. The molecule has 0 radical (unpaired) electrons. The summed E-state index contributed by atoms with van der Waals surface area (Å²) < 4.78 is 6.46. The van der Waals surface area contributed by atoms with Crippen LogP contribution in [-0.2, 0) is 4.79 Å². The van der Waals surface area contributed by atoms with Crippen molar-refractivity contribution in [1.29, 1.82) is 0 Å². The molecule has 2 amide bonds. The molecule has 0 heterocycles. The molecule has 0 saturated carbocycles. The van der Waals surface area contributed by atoms with E-state index in [-0.39, 0.29) is 23.0 Å². The number of nitrogens with zero attached hydrogens (tertiary/aromatic N) is 1. The average Bonchev–Trinajstić information content (AvgIpc) is 2.62. The number of carbonyl (C=O) groups is 2. The fourth-order valence-corrected chi connectivity index (χ4v) is 2.91. The van der Waals surface area contributed by atoms with E-state index >= 15 is 0 Å². The zero-order valence-corrected chi connectivity index (χ0v) is 18.5. The number of amides is 2. The summed E-state index contributed by atoms with van der Waals surface area (Å²) in [5, 5.41) is 5.76. The number of hydrogen-bond donors (Lipinski definition) is 2. The van der Waals surface area contributed by atoms with E-state index in [4.69, 9.17) is 17.0 Å². The molecule has 0 aliphatic heterocycles. The number of anilines is 2. The monoisotopic (exact) mass is 463 g/mol. The second kappa shape index (κ2) is 9.66. The fourth-order valence-electron chi connectivity index (χ4n) is 2.34. The Morgan fingerprint density at radius 2 is 1.89 bits per heavy atom. The van der Waals surface area contributed by atoms with Gasteiger partial charge in [0.25, 0.3) is 5.91 Å². The standard InChI is InChI=1S/C20H22BrN3O3S/c1-12(2)27-18-9-8-14(21)10-17(18)19(26)23-20(28)22-15-6-5-7-16(11-15)24(4)13(3)25/h5-12H,1-4H3,(H2,22,23,26,28). The van der Waals surface area contributed by atoms with Gasteiger partial charge in [-0.2, -0.15) is 0 Å². The van der Waals surface area contributed by atoms with Crippen molar-refractivity contribution in [3.05, 3.63) is 52.5 Å². The number of carbonyl (C=O) groups excluding carboxylic acids is 2. The molecule has 0 bridgehead atoms. The van der Waals surface area contributed by atoms with E-state index in [1.54, 1.807) is 37.4 Å². The van der Waals surface area contributed by atoms with Crippen LogP contribution in [0.3, 0.4) is 0 Å². The smallest absolute Gasteiger partial charge is 0.261 e. The summed E-state index contributed by atoms with van der Waals surface area (Å²) in [5.41, 5.74) is 1.74. The Hall–Kier alpha value is -2.45. The summed E-state index contributed by atoms with van der Waals surface area (Å²) in [6.07, 6.45) is -0.0705. The van der Waals surface area contributed by atoms with Crippen LogP contribution in [0.2, 0.25) is 0 Å². The van der Waals surface area contributed by atoms with Gasteiger partial charge in [-0.15, -0.1) is 0 Å². The third-order valence-electron chi connectivity index (χ3n) is 3.74. The van der Waals surface area contributed by atoms with Crippen LogP contribution < -0.4 is 20.3 Å². The molecule has 28 heavy (non-hydrogen) atoms. The predicted molar refractivity (Wildman–Crippen MR) is 119 cm³/mol. The number of thiocarbonyl (C=S) groups is 1. The van der Waals surface area contributed by atoms with E-state index in [2.05, 4.69) is 26.6 Å². The van der Waals surface area contributed by atoms with Gasteiger partial charge in [0.05, 0.1) is 11.7 Å². The third kappa shape index (κ3) is 6.03. The lowest BCUT2D eigenvalue weighted by molar-refractivity contribution is -0.116. The number of benzene rings is 2. The number of hydrogen-bond acceptors (Lipinski definition) is 4. The quantitative estimate of drug-likeness (QED) is 0.645. The molecule has 148 valence electrons. The molecule has 8 heteroatoms. The largest absolute Gasteiger partial charge is 0.490 e. The Labute approximate surface area is 178 Å². The van der Waals surface area contributed by atoms with E-state index in [0.29, 0.717) is 22.7 Å². The Morgan fingerprint density at radius 3 is 2.54 bits per heavy atom. The third-order valence-corrected chi connectivity index (χ3v) is 4.44. The molecular formula is C20H22BrN3O3S. The van der Waals surface area contributed by atoms with Gasteiger partial charge in [0.15, 0.2) is 5.11 Å². The van der Waals surface area contributed by atoms with Crippen LogP contribution in [0.4, 0.5) is 11.4 Å². The molecule has 2 rings (SSSR count). The molecular weight excluding hydrogens is 442 g/mol. The highest BCUT2D eigenvalue weighted by atomic mass is 79.9. The topological polar surface area (TPSA) is 70.7 Å². The van der Waals surface area contributed by atoms with Crippen LogP contribution in [0.25, 0.3) is 0 Å². The minimum atomic E-state index is -0.383. The maximum atomic E-state index is 12.7. The van der Waals surface area contributed by atoms with Gasteiger partial charge in [0.1, 0.15) is 5.75 Å². The van der Waals surface area contributed by atoms with Crippen LogP contribution >= 0.6 is 28.1 Å². The summed E-state index contributed by atoms with van der Waals surface area (Å²) in [7, 11) is 1.69. The molecule has 0 aliphatic carbocycles. The molecule has 2 aromatic rings. The molecule has 0 aliphatic rings. The SMILES string of the molecule is CC(=O)N(C)c1cccc(NC(=S)NC(=O)c2cc(Br)ccc2OC(C)C)c1. The first-order valence-corrected chi connectivity index (χ1v) is 9.80. The van der Waals surface area contributed by atoms with Crippen molar-refractivity contribution in [2.45, 2.75) is 26.9 Å². The molecule has 2 N–H and O–H groups in total. The highest BCUT2D eigenvalue weighted by molar-refractivity contribution is 9.10. The molecule has 2 aromatic carbocycles. The molecule has 0 unspecified atom stereocenters. The van der Waals surface area contributed by atoms with E-state index in [1.165, 1.54) is 11.8 Å². The molecule has 0 spiro atoms. The van der Waals surface area contributed by atoms with Crippen LogP contribution in [-0.4, -0.2) is 30.1 Å². The highest BCUT2D eigenvalue weighted by Crippen LogP contribution is 2.24. The highest BCUT2D eigenvalue weighted by Gasteiger charge is 2.16. The summed E-state index contributed by atoms with van der Waals surface area (Å²) in [6.45, 7) is 5.27. The van der Waals surface area contributed by atoms with E-state index in [0.717, 1.165) is 4.47 Å². The maximum absolute atomic E-state index is 12.7. The van der Waals surface area contributed by atoms with Gasteiger partial charge >= 0.3 is 0 Å². The van der Waals surface area contributed by atoms with Crippen molar-refractivity contribution in [3.8, 4) is 5.75 Å². The van der Waals surface area contributed by atoms with Crippen molar-refractivity contribution in [1.82, 2.24) is 5.32 Å². The normalized spacial score (nSPS) is 10.4. The Morgan fingerprint density at radius 1 is 1.18 bits per heavy atom. The summed E-state index contributed by atoms with van der Waals surface area (Å²) in [4.78, 5) is 25.7. The lowest BCUT2D eigenvalue weighted by atomic mass is 10.2. The van der Waals surface area contributed by atoms with Crippen LogP contribution in [0, 0.1) is 0 Å². The fraction of sp³-hybridized carbons (Fsp3) is 0.250. The Balaban J connectivity index is 2.12. The zero-order chi connectivity index (χ0) is 20.8. The first-order chi connectivity index (χ1) is 13.2. The molecule has 0 saturated heterocycles. The maximum Gasteiger partial charge on any atom is 0.261 e. The van der Waals surface area contributed by atoms with Crippen molar-refractivity contribution in [3.63, 3.8) is 0 Å². The Kier molecular flexibility index (Phi) is 7.53. The van der Waals surface area contributed by atoms with Crippen LogP contribution in [0.15, 0.2) is 46.9 Å².